The van der Waals surface area contributed by atoms with Crippen molar-refractivity contribution in [3.63, 3.8) is 0 Å². The Hall–Kier alpha value is -5.40. The minimum Gasteiger partial charge on any atom is -0.456 e. The lowest BCUT2D eigenvalue weighted by Crippen LogP contribution is -2.09. The molecule has 1 nitrogen and oxygen atoms in total. The second-order valence-electron chi connectivity index (χ2n) is 11.6. The third kappa shape index (κ3) is 3.86. The Morgan fingerprint density at radius 3 is 1.93 bits per heavy atom. The molecule has 0 spiro atoms. The van der Waals surface area contributed by atoms with Gasteiger partial charge in [-0.1, -0.05) is 127 Å². The number of rotatable bonds is 3. The molecule has 7 aromatic carbocycles. The van der Waals surface area contributed by atoms with Crippen LogP contribution in [0.1, 0.15) is 22.6 Å². The molecule has 1 atom stereocenters. The molecule has 1 aromatic heterocycles. The van der Waals surface area contributed by atoms with Gasteiger partial charge in [-0.3, -0.25) is 0 Å². The predicted molar refractivity (Wildman–Crippen MR) is 182 cm³/mol. The van der Waals surface area contributed by atoms with Gasteiger partial charge in [0, 0.05) is 16.7 Å². The van der Waals surface area contributed by atoms with E-state index in [1.54, 1.807) is 0 Å². The minimum atomic E-state index is 0.332. The van der Waals surface area contributed by atoms with Gasteiger partial charge in [0.1, 0.15) is 11.2 Å². The highest BCUT2D eigenvalue weighted by Gasteiger charge is 2.25. The molecule has 0 N–H and O–H groups in total. The summed E-state index contributed by atoms with van der Waals surface area (Å²) < 4.78 is 6.38. The van der Waals surface area contributed by atoms with E-state index in [0.29, 0.717) is 5.92 Å². The van der Waals surface area contributed by atoms with Gasteiger partial charge in [-0.25, -0.2) is 0 Å². The summed E-state index contributed by atoms with van der Waals surface area (Å²) >= 11 is 0. The fourth-order valence-corrected chi connectivity index (χ4v) is 7.20. The largest absolute Gasteiger partial charge is 0.456 e. The molecule has 8 aromatic rings. The van der Waals surface area contributed by atoms with Crippen LogP contribution in [0, 0.1) is 0 Å². The molecule has 0 radical (unpaired) electrons. The Labute approximate surface area is 250 Å². The zero-order valence-corrected chi connectivity index (χ0v) is 23.6. The number of benzene rings is 7. The van der Waals surface area contributed by atoms with Gasteiger partial charge in [-0.15, -0.1) is 0 Å². The highest BCUT2D eigenvalue weighted by atomic mass is 16.3. The smallest absolute Gasteiger partial charge is 0.136 e. The molecule has 0 amide bonds. The Kier molecular flexibility index (Phi) is 5.39. The number of allylic oxidation sites excluding steroid dienone is 1. The molecule has 0 saturated heterocycles. The maximum Gasteiger partial charge on any atom is 0.136 e. The number of furan rings is 1. The SMILES string of the molecule is C1=CC(c2ccccc2)Cc2c1c(-c1ccc3oc4cc5ccccc5cc4c3c1)c1ccccc1c2-c1ccccc1. The van der Waals surface area contributed by atoms with Crippen molar-refractivity contribution in [3.8, 4) is 22.3 Å². The highest BCUT2D eigenvalue weighted by Crippen LogP contribution is 2.47. The molecule has 0 fully saturated rings. The number of hydrogen-bond donors (Lipinski definition) is 0. The van der Waals surface area contributed by atoms with Gasteiger partial charge in [0.2, 0.25) is 0 Å². The van der Waals surface area contributed by atoms with Crippen LogP contribution in [0.25, 0.3) is 71.8 Å². The topological polar surface area (TPSA) is 13.1 Å². The summed E-state index contributed by atoms with van der Waals surface area (Å²) in [5.41, 5.74) is 11.1. The first-order valence-electron chi connectivity index (χ1n) is 15.0. The van der Waals surface area contributed by atoms with Gasteiger partial charge in [0.25, 0.3) is 0 Å². The second-order valence-corrected chi connectivity index (χ2v) is 11.6. The normalized spacial score (nSPS) is 14.6. The molecule has 0 saturated carbocycles. The Morgan fingerprint density at radius 1 is 0.488 bits per heavy atom. The molecular formula is C42H28O. The van der Waals surface area contributed by atoms with E-state index in [0.717, 1.165) is 28.4 Å². The molecule has 1 heteroatoms. The van der Waals surface area contributed by atoms with Crippen molar-refractivity contribution in [2.75, 3.05) is 0 Å². The summed E-state index contributed by atoms with van der Waals surface area (Å²) in [6.45, 7) is 0. The Morgan fingerprint density at radius 2 is 1.14 bits per heavy atom. The van der Waals surface area contributed by atoms with Crippen molar-refractivity contribution >= 4 is 49.6 Å². The van der Waals surface area contributed by atoms with E-state index in [-0.39, 0.29) is 0 Å². The zero-order valence-electron chi connectivity index (χ0n) is 23.6. The highest BCUT2D eigenvalue weighted by molar-refractivity contribution is 6.14. The Balaban J connectivity index is 1.34. The van der Waals surface area contributed by atoms with E-state index in [1.165, 1.54) is 60.5 Å². The van der Waals surface area contributed by atoms with Crippen LogP contribution in [0.5, 0.6) is 0 Å². The Bertz CT molecular complexity index is 2360. The molecule has 1 aliphatic rings. The van der Waals surface area contributed by atoms with Crippen molar-refractivity contribution in [2.24, 2.45) is 0 Å². The quantitative estimate of drug-likeness (QED) is 0.214. The molecule has 9 rings (SSSR count). The van der Waals surface area contributed by atoms with Crippen LogP contribution in [0.2, 0.25) is 0 Å². The maximum absolute atomic E-state index is 6.38. The first kappa shape index (κ1) is 24.2. The first-order valence-corrected chi connectivity index (χ1v) is 15.0. The van der Waals surface area contributed by atoms with Gasteiger partial charge in [-0.2, -0.15) is 0 Å². The van der Waals surface area contributed by atoms with Crippen molar-refractivity contribution in [1.82, 2.24) is 0 Å². The van der Waals surface area contributed by atoms with Crippen LogP contribution in [0.4, 0.5) is 0 Å². The van der Waals surface area contributed by atoms with Crippen LogP contribution in [-0.4, -0.2) is 0 Å². The summed E-state index contributed by atoms with van der Waals surface area (Å²) in [6, 6.07) is 50.5. The second kappa shape index (κ2) is 9.58. The van der Waals surface area contributed by atoms with Gasteiger partial charge >= 0.3 is 0 Å². The summed E-state index contributed by atoms with van der Waals surface area (Å²) in [4.78, 5) is 0. The van der Waals surface area contributed by atoms with Crippen LogP contribution >= 0.6 is 0 Å². The molecule has 1 aliphatic carbocycles. The maximum atomic E-state index is 6.38. The van der Waals surface area contributed by atoms with E-state index in [9.17, 15) is 0 Å². The molecular weight excluding hydrogens is 520 g/mol. The summed E-state index contributed by atoms with van der Waals surface area (Å²) in [6.07, 6.45) is 5.75. The lowest BCUT2D eigenvalue weighted by atomic mass is 9.76. The molecule has 43 heavy (non-hydrogen) atoms. The van der Waals surface area contributed by atoms with Crippen LogP contribution in [-0.2, 0) is 6.42 Å². The zero-order chi connectivity index (χ0) is 28.3. The third-order valence-corrected chi connectivity index (χ3v) is 9.20. The first-order chi connectivity index (χ1) is 21.3. The number of fused-ring (bicyclic) bond motifs is 6. The van der Waals surface area contributed by atoms with Crippen LogP contribution in [0.15, 0.2) is 150 Å². The fourth-order valence-electron chi connectivity index (χ4n) is 7.20. The summed E-state index contributed by atoms with van der Waals surface area (Å²) in [5, 5.41) is 7.32. The van der Waals surface area contributed by atoms with E-state index in [1.807, 2.05) is 0 Å². The predicted octanol–water partition coefficient (Wildman–Crippen LogP) is 11.6. The monoisotopic (exact) mass is 548 g/mol. The third-order valence-electron chi connectivity index (χ3n) is 9.20. The van der Waals surface area contributed by atoms with Gasteiger partial charge in [0.05, 0.1) is 0 Å². The molecule has 0 bridgehead atoms. The van der Waals surface area contributed by atoms with E-state index in [2.05, 4.69) is 152 Å². The van der Waals surface area contributed by atoms with Crippen LogP contribution < -0.4 is 0 Å². The lowest BCUT2D eigenvalue weighted by molar-refractivity contribution is 0.669. The molecule has 202 valence electrons. The van der Waals surface area contributed by atoms with Gasteiger partial charge in [-0.05, 0) is 91.2 Å². The molecule has 0 aliphatic heterocycles. The number of hydrogen-bond acceptors (Lipinski definition) is 1. The van der Waals surface area contributed by atoms with Crippen molar-refractivity contribution < 1.29 is 4.42 Å². The minimum absolute atomic E-state index is 0.332. The molecule has 1 unspecified atom stereocenters. The fraction of sp³-hybridized carbons (Fsp3) is 0.0476. The van der Waals surface area contributed by atoms with Gasteiger partial charge < -0.3 is 4.42 Å². The summed E-state index contributed by atoms with van der Waals surface area (Å²) in [5.74, 6) is 0.332. The van der Waals surface area contributed by atoms with E-state index >= 15 is 0 Å². The average molecular weight is 549 g/mol. The van der Waals surface area contributed by atoms with Crippen LogP contribution in [0.3, 0.4) is 0 Å². The molecule has 1 heterocycles. The van der Waals surface area contributed by atoms with E-state index in [4.69, 9.17) is 4.42 Å². The standard InChI is InChI=1S/C42H28O/c1-3-11-27(12-4-1)31-19-21-35-38(24-31)41(28-13-5-2-6-14-28)33-17-9-10-18-34(33)42(35)32-20-22-39-36(25-32)37-23-29-15-7-8-16-30(29)26-40(37)43-39/h1-23,25-26,31H,24H2. The van der Waals surface area contributed by atoms with Crippen molar-refractivity contribution in [3.05, 3.63) is 162 Å². The van der Waals surface area contributed by atoms with E-state index < -0.39 is 0 Å². The van der Waals surface area contributed by atoms with Crippen molar-refractivity contribution in [1.29, 1.82) is 0 Å². The van der Waals surface area contributed by atoms with Gasteiger partial charge in [0.15, 0.2) is 0 Å². The lowest BCUT2D eigenvalue weighted by Gasteiger charge is -2.27. The summed E-state index contributed by atoms with van der Waals surface area (Å²) in [7, 11) is 0. The van der Waals surface area contributed by atoms with Crippen molar-refractivity contribution in [2.45, 2.75) is 12.3 Å². The average Bonchev–Trinajstić information content (AvgIpc) is 3.43.